The van der Waals surface area contributed by atoms with Crippen LogP contribution >= 0.6 is 11.3 Å². The number of likely N-dealkylation sites (tertiary alicyclic amines) is 1. The molecule has 1 aliphatic rings. The topological polar surface area (TPSA) is 98.9 Å². The number of nitrogens with one attached hydrogen (secondary N) is 2. The molecule has 1 aromatic carbocycles. The number of nitrogens with zero attached hydrogens (tertiary/aromatic N) is 5. The molecule has 0 atom stereocenters. The molecule has 8 nitrogen and oxygen atoms in total. The molecule has 0 saturated carbocycles. The molecule has 0 radical (unpaired) electrons. The number of benzene rings is 1. The summed E-state index contributed by atoms with van der Waals surface area (Å²) in [5.41, 5.74) is 4.21. The third kappa shape index (κ3) is 7.34. The maximum absolute atomic E-state index is 12.9. The van der Waals surface area contributed by atoms with Gasteiger partial charge in [0.2, 0.25) is 6.41 Å². The van der Waals surface area contributed by atoms with Crippen molar-refractivity contribution in [2.75, 3.05) is 18.4 Å². The van der Waals surface area contributed by atoms with E-state index in [4.69, 9.17) is 0 Å². The Balaban J connectivity index is 0.00000207. The van der Waals surface area contributed by atoms with E-state index in [-0.39, 0.29) is 10.9 Å². The minimum absolute atomic E-state index is 0.151. The van der Waals surface area contributed by atoms with Gasteiger partial charge in [0.15, 0.2) is 0 Å². The number of amides is 1. The smallest absolute Gasteiger partial charge is 0.367 e. The number of piperidine rings is 1. The Morgan fingerprint density at radius 1 is 1.21 bits per heavy atom. The summed E-state index contributed by atoms with van der Waals surface area (Å²) in [4.78, 5) is 22.8. The van der Waals surface area contributed by atoms with Crippen LogP contribution in [0.5, 0.6) is 0 Å². The summed E-state index contributed by atoms with van der Waals surface area (Å²) in [6.45, 7) is 10.5. The van der Waals surface area contributed by atoms with Crippen molar-refractivity contribution >= 4 is 44.7 Å². The molecule has 1 fully saturated rings. The molecule has 0 bridgehead atoms. The molecule has 1 amide bonds. The second-order valence-electron chi connectivity index (χ2n) is 10.4. The molecule has 43 heavy (non-hydrogen) atoms. The summed E-state index contributed by atoms with van der Waals surface area (Å²) in [6, 6.07) is 9.93. The summed E-state index contributed by atoms with van der Waals surface area (Å²) in [5, 5.41) is 17.3. The number of hydrogen-bond acceptors (Lipinski definition) is 7. The quantitative estimate of drug-likeness (QED) is 0.184. The number of carbonyl (C=O) groups excluding carboxylic acids is 1. The number of nitriles is 1. The van der Waals surface area contributed by atoms with Crippen molar-refractivity contribution in [3.05, 3.63) is 64.1 Å². The lowest BCUT2D eigenvalue weighted by atomic mass is 10.0. The molecule has 1 aliphatic heterocycles. The monoisotopic (exact) mass is 607 g/mol. The Bertz CT molecular complexity index is 1710. The molecule has 4 aromatic rings. The second-order valence-corrected chi connectivity index (χ2v) is 11.5. The molecule has 0 unspecified atom stereocenters. The fourth-order valence-corrected chi connectivity index (χ4v) is 6.52. The van der Waals surface area contributed by atoms with E-state index >= 15 is 0 Å². The fraction of sp³-hybridized carbons (Fsp3) is 0.355. The summed E-state index contributed by atoms with van der Waals surface area (Å²) in [5.74, 6) is 1.13. The van der Waals surface area contributed by atoms with E-state index in [9.17, 15) is 23.2 Å². The number of terminal acetylenes is 1. The van der Waals surface area contributed by atoms with Gasteiger partial charge >= 0.3 is 6.18 Å². The highest BCUT2D eigenvalue weighted by molar-refractivity contribution is 7.18. The van der Waals surface area contributed by atoms with Crippen LogP contribution in [-0.2, 0) is 24.3 Å². The van der Waals surface area contributed by atoms with Crippen molar-refractivity contribution in [2.24, 2.45) is 0 Å². The third-order valence-electron chi connectivity index (χ3n) is 7.45. The normalized spacial score (nSPS) is 14.2. The summed E-state index contributed by atoms with van der Waals surface area (Å²) in [7, 11) is 0. The van der Waals surface area contributed by atoms with Crippen LogP contribution < -0.4 is 10.6 Å². The largest absolute Gasteiger partial charge is 0.393 e. The van der Waals surface area contributed by atoms with Crippen LogP contribution in [0.25, 0.3) is 21.1 Å². The van der Waals surface area contributed by atoms with E-state index in [0.717, 1.165) is 60.3 Å². The lowest BCUT2D eigenvalue weighted by molar-refractivity contribution is -0.126. The summed E-state index contributed by atoms with van der Waals surface area (Å²) >= 11 is 1.07. The van der Waals surface area contributed by atoms with Crippen LogP contribution in [0.4, 0.5) is 19.0 Å². The van der Waals surface area contributed by atoms with Crippen molar-refractivity contribution in [1.82, 2.24) is 24.8 Å². The lowest BCUT2D eigenvalue weighted by Crippen LogP contribution is -2.39. The van der Waals surface area contributed by atoms with Gasteiger partial charge in [-0.1, -0.05) is 12.6 Å². The Labute approximate surface area is 252 Å². The molecular weight excluding hydrogens is 575 g/mol. The SMILES string of the molecule is C#C.C=C(Cn1c(C#N)cc2c(C)c(CN3CCC(Nc4nc(C)nc5sc(CC(F)(F)F)cc45)CC3)ccc21)NC=O. The molecule has 0 aliphatic carbocycles. The zero-order valence-corrected chi connectivity index (χ0v) is 24.8. The minimum Gasteiger partial charge on any atom is -0.367 e. The molecule has 2 N–H and O–H groups in total. The van der Waals surface area contributed by atoms with Crippen LogP contribution in [0.3, 0.4) is 0 Å². The first-order chi connectivity index (χ1) is 20.5. The first-order valence-corrected chi connectivity index (χ1v) is 14.4. The third-order valence-corrected chi connectivity index (χ3v) is 8.47. The predicted molar refractivity (Wildman–Crippen MR) is 163 cm³/mol. The highest BCUT2D eigenvalue weighted by Crippen LogP contribution is 2.34. The van der Waals surface area contributed by atoms with E-state index in [1.807, 2.05) is 16.7 Å². The Morgan fingerprint density at radius 3 is 2.58 bits per heavy atom. The van der Waals surface area contributed by atoms with Crippen LogP contribution in [0.2, 0.25) is 0 Å². The van der Waals surface area contributed by atoms with Crippen molar-refractivity contribution in [2.45, 2.75) is 58.4 Å². The zero-order valence-electron chi connectivity index (χ0n) is 24.0. The number of thiophene rings is 1. The lowest BCUT2D eigenvalue weighted by Gasteiger charge is -2.33. The van der Waals surface area contributed by atoms with Gasteiger partial charge in [-0.05, 0) is 56.0 Å². The van der Waals surface area contributed by atoms with Gasteiger partial charge in [0, 0.05) is 47.2 Å². The van der Waals surface area contributed by atoms with Crippen LogP contribution in [0, 0.1) is 38.0 Å². The van der Waals surface area contributed by atoms with Gasteiger partial charge in [0.1, 0.15) is 28.2 Å². The number of aromatic nitrogens is 3. The summed E-state index contributed by atoms with van der Waals surface area (Å²) in [6.07, 6.45) is 5.08. The number of rotatable bonds is 9. The number of aryl methyl sites for hydroxylation is 2. The van der Waals surface area contributed by atoms with Gasteiger partial charge in [-0.15, -0.1) is 24.2 Å². The van der Waals surface area contributed by atoms with Crippen LogP contribution in [0.15, 0.2) is 36.5 Å². The van der Waals surface area contributed by atoms with Gasteiger partial charge in [-0.25, -0.2) is 9.97 Å². The molecule has 12 heteroatoms. The first-order valence-electron chi connectivity index (χ1n) is 13.6. The van der Waals surface area contributed by atoms with Gasteiger partial charge < -0.3 is 15.2 Å². The van der Waals surface area contributed by atoms with Crippen LogP contribution in [-0.4, -0.2) is 51.2 Å². The molecule has 0 spiro atoms. The number of halogens is 3. The highest BCUT2D eigenvalue weighted by Gasteiger charge is 2.29. The maximum Gasteiger partial charge on any atom is 0.393 e. The van der Waals surface area contributed by atoms with Crippen molar-refractivity contribution < 1.29 is 18.0 Å². The van der Waals surface area contributed by atoms with Crippen molar-refractivity contribution in [3.63, 3.8) is 0 Å². The fourth-order valence-electron chi connectivity index (χ4n) is 5.42. The number of allylic oxidation sites excluding steroid dienone is 1. The summed E-state index contributed by atoms with van der Waals surface area (Å²) < 4.78 is 40.7. The van der Waals surface area contributed by atoms with Gasteiger partial charge in [0.25, 0.3) is 0 Å². The Kier molecular flexibility index (Phi) is 9.74. The predicted octanol–water partition coefficient (Wildman–Crippen LogP) is 5.82. The van der Waals surface area contributed by atoms with Gasteiger partial charge in [-0.2, -0.15) is 18.4 Å². The van der Waals surface area contributed by atoms with E-state index in [2.05, 4.69) is 64.0 Å². The number of anilines is 1. The van der Waals surface area contributed by atoms with E-state index in [1.165, 1.54) is 5.56 Å². The first kappa shape index (κ1) is 31.5. The second kappa shape index (κ2) is 13.3. The van der Waals surface area contributed by atoms with Crippen molar-refractivity contribution in [1.29, 1.82) is 5.26 Å². The van der Waals surface area contributed by atoms with E-state index < -0.39 is 12.6 Å². The minimum atomic E-state index is -4.27. The van der Waals surface area contributed by atoms with Gasteiger partial charge in [0.05, 0.1) is 18.4 Å². The molecule has 3 aromatic heterocycles. The van der Waals surface area contributed by atoms with E-state index in [1.54, 1.807) is 13.0 Å². The number of alkyl halides is 3. The standard InChI is InChI=1S/C29H30F3N7OS.C2H2/c1-17(34-16-40)14-39-22(13-33)10-24-18(2)20(4-5-26(24)39)15-38-8-6-21(7-9-38)37-27-25-11-23(12-29(30,31)32)41-28(25)36-19(3)35-27;1-2/h4-5,10-11,16,21H,1,6-9,12,14-15H2,2-3H3,(H,34,40)(H,35,36,37);1-2H. The van der Waals surface area contributed by atoms with Gasteiger partial charge in [-0.3, -0.25) is 9.69 Å². The molecule has 224 valence electrons. The number of hydrogen-bond donors (Lipinski definition) is 2. The average molecular weight is 608 g/mol. The molecule has 1 saturated heterocycles. The van der Waals surface area contributed by atoms with E-state index in [0.29, 0.717) is 46.2 Å². The highest BCUT2D eigenvalue weighted by atomic mass is 32.1. The molecule has 4 heterocycles. The Morgan fingerprint density at radius 2 is 1.93 bits per heavy atom. The van der Waals surface area contributed by atoms with Crippen LogP contribution in [0.1, 0.15) is 40.4 Å². The Hall–Kier alpha value is -4.39. The molecular formula is C31H32F3N7OS. The maximum atomic E-state index is 12.9. The zero-order chi connectivity index (χ0) is 31.3. The number of fused-ring (bicyclic) bond motifs is 2. The average Bonchev–Trinajstić information content (AvgIpc) is 3.52. The molecule has 5 rings (SSSR count). The number of carbonyl (C=O) groups is 1. The van der Waals surface area contributed by atoms with Crippen molar-refractivity contribution in [3.8, 4) is 18.9 Å².